The van der Waals surface area contributed by atoms with Crippen molar-refractivity contribution in [2.24, 2.45) is 0 Å². The fourth-order valence-corrected chi connectivity index (χ4v) is 5.70. The van der Waals surface area contributed by atoms with Crippen molar-refractivity contribution in [3.8, 4) is 22.5 Å². The first-order valence-corrected chi connectivity index (χ1v) is 13.7. The highest BCUT2D eigenvalue weighted by molar-refractivity contribution is 9.10. The summed E-state index contributed by atoms with van der Waals surface area (Å²) in [4.78, 5) is 27.6. The fourth-order valence-electron chi connectivity index (χ4n) is 5.27. The van der Waals surface area contributed by atoms with Gasteiger partial charge in [0.2, 0.25) is 0 Å². The molecule has 1 atom stereocenters. The molecular formula is C28H22BrFN8O3. The number of nitrogens with zero attached hydrogens (tertiary/aromatic N) is 7. The van der Waals surface area contributed by atoms with Crippen molar-refractivity contribution in [3.05, 3.63) is 93.7 Å². The topological polar surface area (TPSA) is 124 Å². The summed E-state index contributed by atoms with van der Waals surface area (Å²) >= 11 is 3.19. The van der Waals surface area contributed by atoms with Crippen LogP contribution in [-0.2, 0) is 35.6 Å². The first kappa shape index (κ1) is 25.3. The monoisotopic (exact) mass is 616 g/mol. The molecule has 2 aliphatic rings. The van der Waals surface area contributed by atoms with E-state index in [-0.39, 0.29) is 30.0 Å². The van der Waals surface area contributed by atoms with Gasteiger partial charge >= 0.3 is 5.97 Å². The van der Waals surface area contributed by atoms with Crippen molar-refractivity contribution in [1.29, 1.82) is 0 Å². The van der Waals surface area contributed by atoms with Crippen LogP contribution in [0.25, 0.3) is 22.5 Å². The Bertz CT molecular complexity index is 1800. The van der Waals surface area contributed by atoms with E-state index >= 15 is 0 Å². The molecule has 41 heavy (non-hydrogen) atoms. The summed E-state index contributed by atoms with van der Waals surface area (Å²) < 4.78 is 24.0. The number of aromatic amines is 1. The maximum atomic E-state index is 14.6. The molecule has 5 aromatic rings. The number of amides is 1. The number of cyclic esters (lactones) is 1. The number of esters is 1. The van der Waals surface area contributed by atoms with Gasteiger partial charge in [0, 0.05) is 34.1 Å². The van der Waals surface area contributed by atoms with Gasteiger partial charge in [-0.15, -0.1) is 5.10 Å². The third-order valence-electron chi connectivity index (χ3n) is 7.32. The number of ether oxygens (including phenoxy) is 1. The van der Waals surface area contributed by atoms with E-state index in [2.05, 4.69) is 41.5 Å². The molecule has 0 radical (unpaired) electrons. The lowest BCUT2D eigenvalue weighted by Crippen LogP contribution is -2.47. The van der Waals surface area contributed by atoms with E-state index in [9.17, 15) is 14.0 Å². The number of hydrogen-bond donors (Lipinski definition) is 1. The average molecular weight is 617 g/mol. The first-order valence-electron chi connectivity index (χ1n) is 13.0. The molecule has 2 aliphatic heterocycles. The standard InChI is InChI=1S/C28H22BrFN8O3/c29-17-8-20-19(22(30)9-17)11-26(41-28(20)40)27(39)36-6-7-38-25(15-36)21(12-31-38)24-14-37(35-34-24)13-18-10-23(33-32-18)16-4-2-1-3-5-16/h1-5,8-10,12,14,26H,6-7,11,13,15H2,(H,32,33). The molecule has 7 rings (SSSR count). The Morgan fingerprint density at radius 1 is 1.12 bits per heavy atom. The lowest BCUT2D eigenvalue weighted by Gasteiger charge is -2.33. The van der Waals surface area contributed by atoms with Crippen molar-refractivity contribution in [2.45, 2.75) is 32.2 Å². The summed E-state index contributed by atoms with van der Waals surface area (Å²) in [6.07, 6.45) is 2.42. The zero-order valence-electron chi connectivity index (χ0n) is 21.5. The van der Waals surface area contributed by atoms with Gasteiger partial charge in [0.15, 0.2) is 6.10 Å². The van der Waals surface area contributed by atoms with Crippen molar-refractivity contribution in [2.75, 3.05) is 6.54 Å². The van der Waals surface area contributed by atoms with Crippen LogP contribution in [0.3, 0.4) is 0 Å². The smallest absolute Gasteiger partial charge is 0.339 e. The molecule has 11 nitrogen and oxygen atoms in total. The van der Waals surface area contributed by atoms with Gasteiger partial charge in [0.25, 0.3) is 5.91 Å². The lowest BCUT2D eigenvalue weighted by atomic mass is 9.97. The summed E-state index contributed by atoms with van der Waals surface area (Å²) in [6, 6.07) is 14.7. The molecule has 1 N–H and O–H groups in total. The minimum atomic E-state index is -1.10. The molecular weight excluding hydrogens is 595 g/mol. The van der Waals surface area contributed by atoms with E-state index < -0.39 is 17.9 Å². The number of benzene rings is 2. The second-order valence-corrected chi connectivity index (χ2v) is 10.9. The van der Waals surface area contributed by atoms with Gasteiger partial charge in [-0.1, -0.05) is 51.5 Å². The molecule has 1 amide bonds. The third kappa shape index (κ3) is 4.71. The molecule has 1 unspecified atom stereocenters. The number of aromatic nitrogens is 7. The van der Waals surface area contributed by atoms with Gasteiger partial charge < -0.3 is 9.64 Å². The minimum Gasteiger partial charge on any atom is -0.448 e. The second-order valence-electron chi connectivity index (χ2n) is 9.95. The van der Waals surface area contributed by atoms with Gasteiger partial charge in [0.1, 0.15) is 11.5 Å². The predicted octanol–water partition coefficient (Wildman–Crippen LogP) is 3.61. The van der Waals surface area contributed by atoms with Gasteiger partial charge in [-0.05, 0) is 18.2 Å². The molecule has 206 valence electrons. The van der Waals surface area contributed by atoms with Crippen molar-refractivity contribution in [1.82, 2.24) is 39.9 Å². The Morgan fingerprint density at radius 2 is 1.98 bits per heavy atom. The Morgan fingerprint density at radius 3 is 2.83 bits per heavy atom. The maximum Gasteiger partial charge on any atom is 0.339 e. The number of H-pyrrole nitrogens is 1. The number of fused-ring (bicyclic) bond motifs is 2. The Hall–Kier alpha value is -4.65. The number of rotatable bonds is 5. The molecule has 2 aromatic carbocycles. The Labute approximate surface area is 241 Å². The molecule has 0 saturated heterocycles. The van der Waals surface area contributed by atoms with Crippen LogP contribution < -0.4 is 0 Å². The van der Waals surface area contributed by atoms with Crippen molar-refractivity contribution >= 4 is 27.8 Å². The zero-order chi connectivity index (χ0) is 28.1. The van der Waals surface area contributed by atoms with Crippen LogP contribution in [0.15, 0.2) is 65.4 Å². The average Bonchev–Trinajstić information content (AvgIpc) is 3.73. The van der Waals surface area contributed by atoms with E-state index in [0.717, 1.165) is 28.2 Å². The second kappa shape index (κ2) is 10.1. The number of carbonyl (C=O) groups excluding carboxylic acids is 2. The molecule has 3 aromatic heterocycles. The lowest BCUT2D eigenvalue weighted by molar-refractivity contribution is -0.142. The van der Waals surface area contributed by atoms with Crippen molar-refractivity contribution in [3.63, 3.8) is 0 Å². The minimum absolute atomic E-state index is 0.0183. The molecule has 0 spiro atoms. The van der Waals surface area contributed by atoms with E-state index in [4.69, 9.17) is 4.74 Å². The van der Waals surface area contributed by atoms with Crippen LogP contribution in [0.5, 0.6) is 0 Å². The predicted molar refractivity (Wildman–Crippen MR) is 147 cm³/mol. The number of carbonyl (C=O) groups is 2. The molecule has 13 heteroatoms. The van der Waals surface area contributed by atoms with Gasteiger partial charge in [-0.2, -0.15) is 10.2 Å². The molecule has 5 heterocycles. The van der Waals surface area contributed by atoms with Crippen LogP contribution >= 0.6 is 15.9 Å². The van der Waals surface area contributed by atoms with E-state index in [1.54, 1.807) is 15.8 Å². The molecule has 0 aliphatic carbocycles. The highest BCUT2D eigenvalue weighted by Gasteiger charge is 2.37. The number of nitrogens with one attached hydrogen (secondary N) is 1. The highest BCUT2D eigenvalue weighted by Crippen LogP contribution is 2.30. The fraction of sp³-hybridized carbons (Fsp3) is 0.214. The summed E-state index contributed by atoms with van der Waals surface area (Å²) in [7, 11) is 0. The maximum absolute atomic E-state index is 14.6. The van der Waals surface area contributed by atoms with Crippen LogP contribution in [0.1, 0.15) is 27.3 Å². The summed E-state index contributed by atoms with van der Waals surface area (Å²) in [5, 5.41) is 20.5. The van der Waals surface area contributed by atoms with Gasteiger partial charge in [0.05, 0.1) is 54.7 Å². The Balaban J connectivity index is 1.07. The van der Waals surface area contributed by atoms with Crippen LogP contribution in [0.4, 0.5) is 4.39 Å². The van der Waals surface area contributed by atoms with E-state index in [0.29, 0.717) is 29.8 Å². The van der Waals surface area contributed by atoms with Crippen LogP contribution in [-0.4, -0.2) is 64.4 Å². The van der Waals surface area contributed by atoms with Gasteiger partial charge in [-0.3, -0.25) is 14.6 Å². The normalized spacial score (nSPS) is 16.3. The highest BCUT2D eigenvalue weighted by atomic mass is 79.9. The summed E-state index contributed by atoms with van der Waals surface area (Å²) in [5.74, 6) is -1.63. The number of hydrogen-bond acceptors (Lipinski definition) is 7. The third-order valence-corrected chi connectivity index (χ3v) is 7.78. The zero-order valence-corrected chi connectivity index (χ0v) is 23.1. The quantitative estimate of drug-likeness (QED) is 0.299. The largest absolute Gasteiger partial charge is 0.448 e. The molecule has 0 fully saturated rings. The SMILES string of the molecule is O=C1OC(C(=O)N2CCn3ncc(-c4cn(Cc5cc(-c6ccccc6)n[nH]5)nn4)c3C2)Cc2c(F)cc(Br)cc21. The van der Waals surface area contributed by atoms with E-state index in [1.807, 2.05) is 47.3 Å². The molecule has 0 saturated carbocycles. The Kier molecular flexibility index (Phi) is 6.22. The van der Waals surface area contributed by atoms with Crippen molar-refractivity contribution < 1.29 is 18.7 Å². The van der Waals surface area contributed by atoms with Crippen LogP contribution in [0, 0.1) is 5.82 Å². The first-order chi connectivity index (χ1) is 19.9. The van der Waals surface area contributed by atoms with Crippen LogP contribution in [0.2, 0.25) is 0 Å². The van der Waals surface area contributed by atoms with E-state index in [1.165, 1.54) is 12.1 Å². The summed E-state index contributed by atoms with van der Waals surface area (Å²) in [6.45, 7) is 1.53. The summed E-state index contributed by atoms with van der Waals surface area (Å²) in [5.41, 5.74) is 5.23. The van der Waals surface area contributed by atoms with Gasteiger partial charge in [-0.25, -0.2) is 13.9 Å². The molecule has 0 bridgehead atoms. The number of halogens is 2.